The van der Waals surface area contributed by atoms with Crippen LogP contribution in [0.2, 0.25) is 0 Å². The molecule has 1 atom stereocenters. The van der Waals surface area contributed by atoms with Crippen molar-refractivity contribution in [3.8, 4) is 5.06 Å². The Balaban J connectivity index is 1.31. The van der Waals surface area contributed by atoms with E-state index in [1.165, 1.54) is 35.6 Å². The fourth-order valence-electron chi connectivity index (χ4n) is 3.46. The molecule has 3 aromatic rings. The number of benzene rings is 1. The van der Waals surface area contributed by atoms with Gasteiger partial charge in [0.05, 0.1) is 5.56 Å². The molecule has 0 radical (unpaired) electrons. The van der Waals surface area contributed by atoms with E-state index < -0.39 is 23.7 Å². The number of carbonyl (C=O) groups is 2. The molecular weight excluding hydrogens is 469 g/mol. The zero-order valence-electron chi connectivity index (χ0n) is 17.6. The summed E-state index contributed by atoms with van der Waals surface area (Å²) >= 11 is 1.28. The molecule has 11 heteroatoms. The molecule has 1 aromatic carbocycles. The first-order chi connectivity index (χ1) is 16.3. The van der Waals surface area contributed by atoms with Crippen LogP contribution < -0.4 is 15.4 Å². The summed E-state index contributed by atoms with van der Waals surface area (Å²) in [6.45, 7) is 0. The summed E-state index contributed by atoms with van der Waals surface area (Å²) in [5.74, 6) is -0.270. The van der Waals surface area contributed by atoms with Gasteiger partial charge in [0.1, 0.15) is 0 Å². The highest BCUT2D eigenvalue weighted by atomic mass is 32.1. The van der Waals surface area contributed by atoms with Crippen LogP contribution >= 0.6 is 11.3 Å². The van der Waals surface area contributed by atoms with Gasteiger partial charge < -0.3 is 10.1 Å². The Morgan fingerprint density at radius 2 is 2.06 bits per heavy atom. The zero-order valence-corrected chi connectivity index (χ0v) is 18.4. The first-order valence-electron chi connectivity index (χ1n) is 10.3. The summed E-state index contributed by atoms with van der Waals surface area (Å²) in [5, 5.41) is 7.59. The lowest BCUT2D eigenvalue weighted by Gasteiger charge is -2.24. The Morgan fingerprint density at radius 3 is 2.82 bits per heavy atom. The minimum atomic E-state index is -4.44. The van der Waals surface area contributed by atoms with Crippen molar-refractivity contribution in [2.24, 2.45) is 0 Å². The highest BCUT2D eigenvalue weighted by Gasteiger charge is 2.30. The van der Waals surface area contributed by atoms with Crippen molar-refractivity contribution in [1.82, 2.24) is 15.3 Å². The summed E-state index contributed by atoms with van der Waals surface area (Å²) in [6.07, 6.45) is 0.713. The Kier molecular flexibility index (Phi) is 6.92. The Labute approximate surface area is 196 Å². The number of amides is 2. The predicted molar refractivity (Wildman–Crippen MR) is 120 cm³/mol. The molecule has 4 rings (SSSR count). The monoisotopic (exact) mass is 488 g/mol. The lowest BCUT2D eigenvalue weighted by molar-refractivity contribution is -0.137. The summed E-state index contributed by atoms with van der Waals surface area (Å²) in [4.78, 5) is 32.7. The second-order valence-corrected chi connectivity index (χ2v) is 8.43. The van der Waals surface area contributed by atoms with Crippen LogP contribution in [0.3, 0.4) is 0 Å². The van der Waals surface area contributed by atoms with Gasteiger partial charge in [-0.05, 0) is 66.1 Å². The van der Waals surface area contributed by atoms with Crippen molar-refractivity contribution in [1.29, 1.82) is 0 Å². The molecule has 1 unspecified atom stereocenters. The fraction of sp³-hybridized carbons (Fsp3) is 0.217. The number of hydrogen-bond donors (Lipinski definition) is 2. The van der Waals surface area contributed by atoms with Crippen LogP contribution in [0, 0.1) is 0 Å². The van der Waals surface area contributed by atoms with Crippen molar-refractivity contribution in [3.63, 3.8) is 0 Å². The molecule has 2 aromatic heterocycles. The van der Waals surface area contributed by atoms with Crippen molar-refractivity contribution in [3.05, 3.63) is 76.4 Å². The number of rotatable bonds is 5. The third-order valence-corrected chi connectivity index (χ3v) is 5.78. The van der Waals surface area contributed by atoms with E-state index >= 15 is 0 Å². The van der Waals surface area contributed by atoms with Crippen LogP contribution in [-0.2, 0) is 23.8 Å². The molecule has 7 nitrogen and oxygen atoms in total. The first-order valence-corrected chi connectivity index (χ1v) is 11.2. The molecule has 0 bridgehead atoms. The predicted octanol–water partition coefficient (Wildman–Crippen LogP) is 4.85. The van der Waals surface area contributed by atoms with Gasteiger partial charge in [0.15, 0.2) is 5.06 Å². The second kappa shape index (κ2) is 10.0. The molecule has 0 fully saturated rings. The maximum Gasteiger partial charge on any atom is 0.420 e. The molecule has 0 saturated heterocycles. The SMILES string of the molecule is O=C(C=Cc1cccc(C(F)(F)F)c1)NC1CCc2nc(NC(=O)Oc3cccs3)ncc2C1. The van der Waals surface area contributed by atoms with Gasteiger partial charge in [0, 0.05) is 24.0 Å². The lowest BCUT2D eigenvalue weighted by Crippen LogP contribution is -2.38. The number of halogens is 3. The molecule has 1 aliphatic rings. The smallest absolute Gasteiger partial charge is 0.399 e. The van der Waals surface area contributed by atoms with Gasteiger partial charge >= 0.3 is 12.3 Å². The summed E-state index contributed by atoms with van der Waals surface area (Å²) in [7, 11) is 0. The number of anilines is 1. The number of aryl methyl sites for hydroxylation is 1. The summed E-state index contributed by atoms with van der Waals surface area (Å²) in [6, 6.07) is 8.02. The number of hydrogen-bond acceptors (Lipinski definition) is 6. The van der Waals surface area contributed by atoms with Crippen molar-refractivity contribution in [2.75, 3.05) is 5.32 Å². The number of nitrogens with zero attached hydrogens (tertiary/aromatic N) is 2. The summed E-state index contributed by atoms with van der Waals surface area (Å²) in [5.41, 5.74) is 1.12. The molecule has 2 N–H and O–H groups in total. The van der Waals surface area contributed by atoms with Crippen molar-refractivity contribution in [2.45, 2.75) is 31.5 Å². The Morgan fingerprint density at radius 1 is 1.21 bits per heavy atom. The number of aromatic nitrogens is 2. The van der Waals surface area contributed by atoms with Crippen molar-refractivity contribution >= 4 is 35.4 Å². The van der Waals surface area contributed by atoms with E-state index in [0.29, 0.717) is 24.3 Å². The maximum atomic E-state index is 12.8. The van der Waals surface area contributed by atoms with Crippen molar-refractivity contribution < 1.29 is 27.5 Å². The first kappa shape index (κ1) is 23.4. The average Bonchev–Trinajstić information content (AvgIpc) is 3.30. The number of carbonyl (C=O) groups excluding carboxylic acids is 2. The van der Waals surface area contributed by atoms with E-state index in [1.54, 1.807) is 23.7 Å². The quantitative estimate of drug-likeness (QED) is 0.501. The van der Waals surface area contributed by atoms with Gasteiger partial charge in [0.25, 0.3) is 0 Å². The number of fused-ring (bicyclic) bond motifs is 1. The van der Waals surface area contributed by atoms with Crippen LogP contribution in [0.15, 0.2) is 54.1 Å². The van der Waals surface area contributed by atoms with E-state index in [-0.39, 0.29) is 17.6 Å². The molecule has 1 aliphatic carbocycles. The van der Waals surface area contributed by atoms with Crippen LogP contribution in [-0.4, -0.2) is 28.0 Å². The molecule has 0 aliphatic heterocycles. The molecule has 34 heavy (non-hydrogen) atoms. The van der Waals surface area contributed by atoms with Gasteiger partial charge in [-0.1, -0.05) is 12.1 Å². The number of ether oxygens (including phenoxy) is 1. The third-order valence-electron chi connectivity index (χ3n) is 5.04. The molecular formula is C23H19F3N4O3S. The topological polar surface area (TPSA) is 93.2 Å². The Bertz CT molecular complexity index is 1210. The fourth-order valence-corrected chi connectivity index (χ4v) is 4.03. The van der Waals surface area contributed by atoms with Crippen LogP contribution in [0.5, 0.6) is 5.06 Å². The van der Waals surface area contributed by atoms with Gasteiger partial charge in [-0.2, -0.15) is 13.2 Å². The van der Waals surface area contributed by atoms with E-state index in [4.69, 9.17) is 4.74 Å². The third kappa shape index (κ3) is 6.19. The highest BCUT2D eigenvalue weighted by Crippen LogP contribution is 2.29. The average molecular weight is 488 g/mol. The summed E-state index contributed by atoms with van der Waals surface area (Å²) < 4.78 is 43.6. The normalized spacial score (nSPS) is 15.6. The molecule has 2 amide bonds. The van der Waals surface area contributed by atoms with Gasteiger partial charge in [-0.15, -0.1) is 11.3 Å². The second-order valence-electron chi connectivity index (χ2n) is 7.52. The molecule has 176 valence electrons. The van der Waals surface area contributed by atoms with Crippen LogP contribution in [0.1, 0.15) is 28.8 Å². The molecule has 2 heterocycles. The minimum Gasteiger partial charge on any atom is -0.399 e. The van der Waals surface area contributed by atoms with Crippen LogP contribution in [0.4, 0.5) is 23.9 Å². The lowest BCUT2D eigenvalue weighted by atomic mass is 9.93. The maximum absolute atomic E-state index is 12.8. The zero-order chi connectivity index (χ0) is 24.1. The largest absolute Gasteiger partial charge is 0.420 e. The minimum absolute atomic E-state index is 0.131. The molecule has 0 spiro atoms. The van der Waals surface area contributed by atoms with E-state index in [9.17, 15) is 22.8 Å². The number of alkyl halides is 3. The van der Waals surface area contributed by atoms with Gasteiger partial charge in [-0.3, -0.25) is 10.1 Å². The number of thiophene rings is 1. The molecule has 0 saturated carbocycles. The Hall–Kier alpha value is -3.73. The van der Waals surface area contributed by atoms with E-state index in [1.807, 2.05) is 0 Å². The standard InChI is InChI=1S/C23H19F3N4O3S/c24-23(25,26)16-4-1-3-14(11-16)6-9-19(31)28-17-7-8-18-15(12-17)13-27-21(29-18)30-22(32)33-20-5-2-10-34-20/h1-6,9-11,13,17H,7-8,12H2,(H,28,31)(H,27,29,30,32). The van der Waals surface area contributed by atoms with E-state index in [0.717, 1.165) is 23.4 Å². The number of nitrogens with one attached hydrogen (secondary N) is 2. The van der Waals surface area contributed by atoms with Gasteiger partial charge in [0.2, 0.25) is 11.9 Å². The highest BCUT2D eigenvalue weighted by molar-refractivity contribution is 7.11. The van der Waals surface area contributed by atoms with Gasteiger partial charge in [-0.25, -0.2) is 14.8 Å². The van der Waals surface area contributed by atoms with E-state index in [2.05, 4.69) is 20.6 Å². The van der Waals surface area contributed by atoms with Crippen LogP contribution in [0.25, 0.3) is 6.08 Å².